The Morgan fingerprint density at radius 2 is 2.04 bits per heavy atom. The normalized spacial score (nSPS) is 12.3. The molecular formula is C20H19ClN2O2S. The van der Waals surface area contributed by atoms with Gasteiger partial charge in [-0.15, -0.1) is 0 Å². The van der Waals surface area contributed by atoms with Crippen molar-refractivity contribution in [3.8, 4) is 0 Å². The van der Waals surface area contributed by atoms with E-state index in [1.54, 1.807) is 6.08 Å². The number of benzene rings is 2. The van der Waals surface area contributed by atoms with Crippen LogP contribution in [-0.4, -0.2) is 23.7 Å². The van der Waals surface area contributed by atoms with Crippen LogP contribution in [0.4, 0.5) is 0 Å². The van der Waals surface area contributed by atoms with Gasteiger partial charge in [0.1, 0.15) is 0 Å². The molecule has 0 bridgehead atoms. The van der Waals surface area contributed by atoms with E-state index < -0.39 is 0 Å². The molecule has 134 valence electrons. The molecule has 3 rings (SSSR count). The lowest BCUT2D eigenvalue weighted by molar-refractivity contribution is -0.113. The molecule has 1 aromatic heterocycles. The van der Waals surface area contributed by atoms with Crippen LogP contribution in [0.1, 0.15) is 12.5 Å². The smallest absolute Gasteiger partial charge is 0.272 e. The van der Waals surface area contributed by atoms with Crippen LogP contribution in [0.25, 0.3) is 16.3 Å². The first-order valence-electron chi connectivity index (χ1n) is 8.36. The van der Waals surface area contributed by atoms with Crippen molar-refractivity contribution in [2.24, 2.45) is 4.99 Å². The van der Waals surface area contributed by atoms with E-state index in [0.717, 1.165) is 15.8 Å². The molecular weight excluding hydrogens is 368 g/mol. The summed E-state index contributed by atoms with van der Waals surface area (Å²) >= 11 is 7.82. The largest absolute Gasteiger partial charge is 0.380 e. The predicted molar refractivity (Wildman–Crippen MR) is 107 cm³/mol. The Hall–Kier alpha value is -2.21. The predicted octanol–water partition coefficient (Wildman–Crippen LogP) is 4.53. The molecule has 4 nitrogen and oxygen atoms in total. The molecule has 0 aliphatic heterocycles. The Morgan fingerprint density at radius 1 is 1.23 bits per heavy atom. The molecule has 6 heteroatoms. The summed E-state index contributed by atoms with van der Waals surface area (Å²) in [6, 6.07) is 15.4. The van der Waals surface area contributed by atoms with Gasteiger partial charge in [0.05, 0.1) is 21.8 Å². The van der Waals surface area contributed by atoms with E-state index >= 15 is 0 Å². The molecule has 26 heavy (non-hydrogen) atoms. The van der Waals surface area contributed by atoms with Crippen molar-refractivity contribution >= 4 is 45.1 Å². The topological polar surface area (TPSA) is 43.6 Å². The van der Waals surface area contributed by atoms with Crippen LogP contribution in [0.2, 0.25) is 5.02 Å². The summed E-state index contributed by atoms with van der Waals surface area (Å²) in [6.45, 7) is 3.72. The van der Waals surface area contributed by atoms with Gasteiger partial charge in [-0.3, -0.25) is 4.79 Å². The molecule has 0 aliphatic carbocycles. The Morgan fingerprint density at radius 3 is 2.81 bits per heavy atom. The van der Waals surface area contributed by atoms with Gasteiger partial charge >= 0.3 is 0 Å². The molecule has 0 saturated carbocycles. The van der Waals surface area contributed by atoms with Crippen molar-refractivity contribution in [2.75, 3.05) is 13.2 Å². The summed E-state index contributed by atoms with van der Waals surface area (Å²) in [5.74, 6) is -0.304. The van der Waals surface area contributed by atoms with Crippen molar-refractivity contribution in [1.82, 2.24) is 4.57 Å². The Labute approximate surface area is 161 Å². The van der Waals surface area contributed by atoms with Gasteiger partial charge in [-0.25, -0.2) is 0 Å². The Kier molecular flexibility index (Phi) is 6.39. The number of para-hydroxylation sites is 1. The fourth-order valence-electron chi connectivity index (χ4n) is 2.54. The van der Waals surface area contributed by atoms with E-state index in [-0.39, 0.29) is 5.91 Å². The summed E-state index contributed by atoms with van der Waals surface area (Å²) < 4.78 is 8.40. The zero-order valence-electron chi connectivity index (χ0n) is 14.4. The van der Waals surface area contributed by atoms with Crippen molar-refractivity contribution in [3.63, 3.8) is 0 Å². The third-order valence-corrected chi connectivity index (χ3v) is 5.09. The van der Waals surface area contributed by atoms with Crippen LogP contribution in [0.15, 0.2) is 59.6 Å². The highest BCUT2D eigenvalue weighted by Crippen LogP contribution is 2.25. The van der Waals surface area contributed by atoms with Crippen molar-refractivity contribution < 1.29 is 9.53 Å². The fourth-order valence-corrected chi connectivity index (χ4v) is 3.96. The lowest BCUT2D eigenvalue weighted by atomic mass is 10.2. The molecule has 0 fully saturated rings. The molecule has 3 aromatic rings. The number of aromatic nitrogens is 1. The number of amides is 1. The highest BCUT2D eigenvalue weighted by atomic mass is 35.5. The number of fused-ring (bicyclic) bond motifs is 1. The summed E-state index contributed by atoms with van der Waals surface area (Å²) in [5.41, 5.74) is 1.84. The van der Waals surface area contributed by atoms with Crippen LogP contribution >= 0.6 is 22.9 Å². The minimum atomic E-state index is -0.304. The molecule has 0 aliphatic rings. The van der Waals surface area contributed by atoms with Gasteiger partial charge < -0.3 is 9.30 Å². The maximum absolute atomic E-state index is 12.3. The molecule has 0 saturated heterocycles. The molecule has 0 spiro atoms. The van der Waals surface area contributed by atoms with Crippen LogP contribution in [-0.2, 0) is 16.1 Å². The van der Waals surface area contributed by atoms with Crippen molar-refractivity contribution in [3.05, 3.63) is 70.0 Å². The number of thiazole rings is 1. The quantitative estimate of drug-likeness (QED) is 0.461. The summed E-state index contributed by atoms with van der Waals surface area (Å²) in [4.78, 5) is 17.2. The standard InChI is InChI=1S/C20H19ClN2O2S/c1-2-25-14-13-23-19-16(21)9-6-10-17(19)26-20(23)22-18(24)12-11-15-7-4-3-5-8-15/h3-12H,2,13-14H2,1H3/b12-11+,22-20?. The van der Waals surface area contributed by atoms with Crippen LogP contribution < -0.4 is 4.80 Å². The lowest BCUT2D eigenvalue weighted by Crippen LogP contribution is -2.19. The monoisotopic (exact) mass is 386 g/mol. The number of halogens is 1. The van der Waals surface area contributed by atoms with Gasteiger partial charge in [-0.05, 0) is 30.7 Å². The Bertz CT molecular complexity index is 990. The van der Waals surface area contributed by atoms with E-state index in [4.69, 9.17) is 16.3 Å². The fraction of sp³-hybridized carbons (Fsp3) is 0.200. The number of hydrogen-bond donors (Lipinski definition) is 0. The van der Waals surface area contributed by atoms with Crippen LogP contribution in [0.5, 0.6) is 0 Å². The summed E-state index contributed by atoms with van der Waals surface area (Å²) in [6.07, 6.45) is 3.24. The number of carbonyl (C=O) groups excluding carboxylic acids is 1. The highest BCUT2D eigenvalue weighted by molar-refractivity contribution is 7.16. The highest BCUT2D eigenvalue weighted by Gasteiger charge is 2.10. The van der Waals surface area contributed by atoms with E-state index in [0.29, 0.717) is 29.6 Å². The first kappa shape index (κ1) is 18.6. The van der Waals surface area contributed by atoms with E-state index in [1.165, 1.54) is 17.4 Å². The van der Waals surface area contributed by atoms with Crippen LogP contribution in [0, 0.1) is 0 Å². The maximum Gasteiger partial charge on any atom is 0.272 e. The molecule has 2 aromatic carbocycles. The second kappa shape index (κ2) is 8.94. The van der Waals surface area contributed by atoms with E-state index in [1.807, 2.05) is 60.0 Å². The molecule has 1 amide bonds. The number of hydrogen-bond acceptors (Lipinski definition) is 3. The maximum atomic E-state index is 12.3. The van der Waals surface area contributed by atoms with E-state index in [9.17, 15) is 4.79 Å². The molecule has 0 radical (unpaired) electrons. The second-order valence-corrected chi connectivity index (χ2v) is 6.93. The third kappa shape index (κ3) is 4.49. The first-order chi connectivity index (χ1) is 12.7. The van der Waals surface area contributed by atoms with Gasteiger partial charge in [0.2, 0.25) is 0 Å². The number of carbonyl (C=O) groups is 1. The average Bonchev–Trinajstić information content (AvgIpc) is 3.00. The van der Waals surface area contributed by atoms with Crippen LogP contribution in [0.3, 0.4) is 0 Å². The SMILES string of the molecule is CCOCCn1c(=NC(=O)/C=C/c2ccccc2)sc2cccc(Cl)c21. The molecule has 0 N–H and O–H groups in total. The number of nitrogens with zero attached hydrogens (tertiary/aromatic N) is 2. The minimum Gasteiger partial charge on any atom is -0.380 e. The van der Waals surface area contributed by atoms with Crippen molar-refractivity contribution in [2.45, 2.75) is 13.5 Å². The van der Waals surface area contributed by atoms with E-state index in [2.05, 4.69) is 4.99 Å². The first-order valence-corrected chi connectivity index (χ1v) is 9.56. The zero-order valence-corrected chi connectivity index (χ0v) is 16.0. The summed E-state index contributed by atoms with van der Waals surface area (Å²) in [5, 5.41) is 0.643. The summed E-state index contributed by atoms with van der Waals surface area (Å²) in [7, 11) is 0. The molecule has 0 atom stereocenters. The number of ether oxygens (including phenoxy) is 1. The van der Waals surface area contributed by atoms with Crippen molar-refractivity contribution in [1.29, 1.82) is 0 Å². The lowest BCUT2D eigenvalue weighted by Gasteiger charge is -2.06. The minimum absolute atomic E-state index is 0.304. The Balaban J connectivity index is 1.96. The second-order valence-electron chi connectivity index (χ2n) is 5.51. The third-order valence-electron chi connectivity index (χ3n) is 3.74. The van der Waals surface area contributed by atoms with Gasteiger partial charge in [0, 0.05) is 19.2 Å². The zero-order chi connectivity index (χ0) is 18.4. The molecule has 1 heterocycles. The van der Waals surface area contributed by atoms with Gasteiger partial charge in [-0.2, -0.15) is 4.99 Å². The van der Waals surface area contributed by atoms with Gasteiger partial charge in [0.15, 0.2) is 4.80 Å². The molecule has 0 unspecified atom stereocenters. The average molecular weight is 387 g/mol. The number of rotatable bonds is 6. The van der Waals surface area contributed by atoms with Gasteiger partial charge in [0.25, 0.3) is 5.91 Å². The van der Waals surface area contributed by atoms with Gasteiger partial charge in [-0.1, -0.05) is 59.3 Å².